The number of nitrogens with one attached hydrogen (secondary N) is 1. The zero-order valence-electron chi connectivity index (χ0n) is 18.1. The number of pyridine rings is 1. The molecular formula is C26H26N4OS. The molecule has 5 rings (SSSR count). The summed E-state index contributed by atoms with van der Waals surface area (Å²) in [4.78, 5) is 23.1. The molecule has 1 aliphatic carbocycles. The quantitative estimate of drug-likeness (QED) is 0.358. The summed E-state index contributed by atoms with van der Waals surface area (Å²) < 4.78 is 1.87. The molecule has 5 nitrogen and oxygen atoms in total. The molecule has 0 saturated heterocycles. The fourth-order valence-electron chi connectivity index (χ4n) is 4.34. The number of aromatic nitrogens is 3. The van der Waals surface area contributed by atoms with E-state index in [2.05, 4.69) is 59.7 Å². The van der Waals surface area contributed by atoms with E-state index < -0.39 is 0 Å². The number of benzene rings is 2. The molecule has 0 bridgehead atoms. The Morgan fingerprint density at radius 3 is 2.66 bits per heavy atom. The summed E-state index contributed by atoms with van der Waals surface area (Å²) in [7, 11) is 0. The van der Waals surface area contributed by atoms with E-state index in [4.69, 9.17) is 4.98 Å². The normalized spacial score (nSPS) is 14.2. The second kappa shape index (κ2) is 9.17. The Morgan fingerprint density at radius 1 is 1.06 bits per heavy atom. The van der Waals surface area contributed by atoms with E-state index in [1.165, 1.54) is 10.5 Å². The minimum atomic E-state index is 0.0185. The SMILES string of the molecule is Cc1cc(SCc2ccccc2)ccc1Nc1ncc2ccc(=O)n(C3CCCC3)c2n1. The average molecular weight is 443 g/mol. The topological polar surface area (TPSA) is 59.8 Å². The molecule has 32 heavy (non-hydrogen) atoms. The van der Waals surface area contributed by atoms with Gasteiger partial charge in [0.05, 0.1) is 0 Å². The molecule has 0 aliphatic heterocycles. The molecule has 1 aliphatic rings. The van der Waals surface area contributed by atoms with Gasteiger partial charge in [-0.15, -0.1) is 11.8 Å². The molecule has 0 amide bonds. The second-order valence-corrected chi connectivity index (χ2v) is 9.38. The van der Waals surface area contributed by atoms with Crippen LogP contribution < -0.4 is 10.9 Å². The van der Waals surface area contributed by atoms with Crippen molar-refractivity contribution in [3.63, 3.8) is 0 Å². The number of aryl methyl sites for hydroxylation is 1. The largest absolute Gasteiger partial charge is 0.324 e. The molecule has 1 N–H and O–H groups in total. The lowest BCUT2D eigenvalue weighted by Gasteiger charge is -2.16. The van der Waals surface area contributed by atoms with Crippen LogP contribution in [0, 0.1) is 6.92 Å². The third-order valence-corrected chi connectivity index (χ3v) is 7.11. The van der Waals surface area contributed by atoms with Crippen LogP contribution >= 0.6 is 11.8 Å². The van der Waals surface area contributed by atoms with Crippen molar-refractivity contribution in [1.82, 2.24) is 14.5 Å². The van der Waals surface area contributed by atoms with Gasteiger partial charge >= 0.3 is 0 Å². The van der Waals surface area contributed by atoms with E-state index in [0.717, 1.165) is 53.7 Å². The van der Waals surface area contributed by atoms with Crippen molar-refractivity contribution in [2.24, 2.45) is 0 Å². The van der Waals surface area contributed by atoms with Gasteiger partial charge in [0.1, 0.15) is 5.65 Å². The summed E-state index contributed by atoms with van der Waals surface area (Å²) >= 11 is 1.83. The molecule has 2 aromatic carbocycles. The summed E-state index contributed by atoms with van der Waals surface area (Å²) in [5, 5.41) is 4.25. The van der Waals surface area contributed by atoms with Crippen molar-refractivity contribution in [1.29, 1.82) is 0 Å². The van der Waals surface area contributed by atoms with Crippen LogP contribution in [0.4, 0.5) is 11.6 Å². The lowest BCUT2D eigenvalue weighted by atomic mass is 10.2. The molecule has 0 unspecified atom stereocenters. The van der Waals surface area contributed by atoms with Crippen LogP contribution in [-0.4, -0.2) is 14.5 Å². The first-order valence-electron chi connectivity index (χ1n) is 11.1. The lowest BCUT2D eigenvalue weighted by Crippen LogP contribution is -2.23. The highest BCUT2D eigenvalue weighted by Crippen LogP contribution is 2.31. The van der Waals surface area contributed by atoms with Gasteiger partial charge in [-0.2, -0.15) is 4.98 Å². The van der Waals surface area contributed by atoms with E-state index in [-0.39, 0.29) is 11.6 Å². The van der Waals surface area contributed by atoms with Crippen LogP contribution in [0.2, 0.25) is 0 Å². The van der Waals surface area contributed by atoms with E-state index in [0.29, 0.717) is 5.95 Å². The summed E-state index contributed by atoms with van der Waals surface area (Å²) in [5.41, 5.74) is 4.15. The molecule has 1 fully saturated rings. The Kier molecular flexibility index (Phi) is 5.95. The van der Waals surface area contributed by atoms with Gasteiger partial charge in [-0.1, -0.05) is 43.2 Å². The van der Waals surface area contributed by atoms with Gasteiger partial charge in [0.25, 0.3) is 5.56 Å². The predicted octanol–water partition coefficient (Wildman–Crippen LogP) is 6.25. The first kappa shape index (κ1) is 20.8. The van der Waals surface area contributed by atoms with E-state index >= 15 is 0 Å². The van der Waals surface area contributed by atoms with Crippen molar-refractivity contribution >= 4 is 34.4 Å². The van der Waals surface area contributed by atoms with E-state index in [9.17, 15) is 4.79 Å². The number of nitrogens with zero attached hydrogens (tertiary/aromatic N) is 3. The van der Waals surface area contributed by atoms with Gasteiger partial charge in [0, 0.05) is 40.0 Å². The minimum absolute atomic E-state index is 0.0185. The maximum atomic E-state index is 12.6. The van der Waals surface area contributed by atoms with Gasteiger partial charge in [0.2, 0.25) is 5.95 Å². The summed E-state index contributed by atoms with van der Waals surface area (Å²) in [5.74, 6) is 1.46. The first-order chi connectivity index (χ1) is 15.7. The van der Waals surface area contributed by atoms with Crippen molar-refractivity contribution < 1.29 is 0 Å². The molecule has 0 atom stereocenters. The highest BCUT2D eigenvalue weighted by atomic mass is 32.2. The van der Waals surface area contributed by atoms with Crippen LogP contribution in [0.3, 0.4) is 0 Å². The molecule has 2 heterocycles. The Labute approximate surface area is 191 Å². The zero-order chi connectivity index (χ0) is 21.9. The molecule has 0 spiro atoms. The zero-order valence-corrected chi connectivity index (χ0v) is 18.9. The Hall–Kier alpha value is -3.12. The van der Waals surface area contributed by atoms with Gasteiger partial charge in [-0.25, -0.2) is 4.98 Å². The van der Waals surface area contributed by atoms with Crippen molar-refractivity contribution in [3.8, 4) is 0 Å². The second-order valence-electron chi connectivity index (χ2n) is 8.33. The Balaban J connectivity index is 1.38. The number of thioether (sulfide) groups is 1. The molecular weight excluding hydrogens is 416 g/mol. The third-order valence-electron chi connectivity index (χ3n) is 6.05. The summed E-state index contributed by atoms with van der Waals surface area (Å²) in [6, 6.07) is 20.6. The highest BCUT2D eigenvalue weighted by Gasteiger charge is 2.20. The Morgan fingerprint density at radius 2 is 1.88 bits per heavy atom. The van der Waals surface area contributed by atoms with Crippen molar-refractivity contribution in [2.75, 3.05) is 5.32 Å². The van der Waals surface area contributed by atoms with Gasteiger partial charge in [-0.05, 0) is 55.2 Å². The molecule has 162 valence electrons. The van der Waals surface area contributed by atoms with Crippen molar-refractivity contribution in [3.05, 3.63) is 88.3 Å². The maximum absolute atomic E-state index is 12.6. The summed E-state index contributed by atoms with van der Waals surface area (Å²) in [6.45, 7) is 2.09. The fourth-order valence-corrected chi connectivity index (χ4v) is 5.29. The highest BCUT2D eigenvalue weighted by molar-refractivity contribution is 7.98. The number of rotatable bonds is 6. The Bertz CT molecular complexity index is 1300. The minimum Gasteiger partial charge on any atom is -0.324 e. The summed E-state index contributed by atoms with van der Waals surface area (Å²) in [6.07, 6.45) is 6.20. The van der Waals surface area contributed by atoms with E-state index in [1.54, 1.807) is 12.3 Å². The number of anilines is 2. The van der Waals surface area contributed by atoms with Crippen LogP contribution in [0.25, 0.3) is 11.0 Å². The number of fused-ring (bicyclic) bond motifs is 1. The molecule has 0 radical (unpaired) electrons. The van der Waals surface area contributed by atoms with Crippen LogP contribution in [0.1, 0.15) is 42.9 Å². The van der Waals surface area contributed by atoms with E-state index in [1.807, 2.05) is 28.5 Å². The molecule has 1 saturated carbocycles. The monoisotopic (exact) mass is 442 g/mol. The first-order valence-corrected chi connectivity index (χ1v) is 12.1. The molecule has 2 aromatic heterocycles. The van der Waals surface area contributed by atoms with Gasteiger partial charge in [0.15, 0.2) is 0 Å². The van der Waals surface area contributed by atoms with Gasteiger partial charge in [-0.3, -0.25) is 9.36 Å². The fraction of sp³-hybridized carbons (Fsp3) is 0.269. The maximum Gasteiger partial charge on any atom is 0.252 e. The number of hydrogen-bond acceptors (Lipinski definition) is 5. The van der Waals surface area contributed by atoms with Crippen LogP contribution in [0.5, 0.6) is 0 Å². The molecule has 6 heteroatoms. The van der Waals surface area contributed by atoms with Crippen LogP contribution in [-0.2, 0) is 5.75 Å². The third kappa shape index (κ3) is 4.41. The predicted molar refractivity (Wildman–Crippen MR) is 132 cm³/mol. The number of hydrogen-bond donors (Lipinski definition) is 1. The molecule has 4 aromatic rings. The smallest absolute Gasteiger partial charge is 0.252 e. The standard InChI is InChI=1S/C26H26N4OS/c1-18-15-22(32-17-19-7-3-2-4-8-19)12-13-23(18)28-26-27-16-20-11-14-24(31)30(25(20)29-26)21-9-5-6-10-21/h2-4,7-8,11-16,21H,5-6,9-10,17H2,1H3,(H,27,28,29). The van der Waals surface area contributed by atoms with Crippen LogP contribution in [0.15, 0.2) is 76.6 Å². The van der Waals surface area contributed by atoms with Crippen molar-refractivity contribution in [2.45, 2.75) is 49.3 Å². The lowest BCUT2D eigenvalue weighted by molar-refractivity contribution is 0.516. The van der Waals surface area contributed by atoms with Gasteiger partial charge < -0.3 is 5.32 Å². The average Bonchev–Trinajstić information content (AvgIpc) is 3.34.